The summed E-state index contributed by atoms with van der Waals surface area (Å²) in [6.45, 7) is 0.497. The lowest BCUT2D eigenvalue weighted by molar-refractivity contribution is 0.594. The van der Waals surface area contributed by atoms with Gasteiger partial charge in [-0.05, 0) is 36.2 Å². The molecule has 0 aliphatic carbocycles. The largest absolute Gasteiger partial charge is 0.287 e. The Labute approximate surface area is 187 Å². The van der Waals surface area contributed by atoms with Gasteiger partial charge in [0.15, 0.2) is 10.8 Å². The quantitative estimate of drug-likeness (QED) is 0.297. The van der Waals surface area contributed by atoms with Gasteiger partial charge in [0, 0.05) is 30.8 Å². The van der Waals surface area contributed by atoms with E-state index in [-0.39, 0.29) is 11.1 Å². The highest BCUT2D eigenvalue weighted by Gasteiger charge is 2.13. The highest BCUT2D eigenvalue weighted by molar-refractivity contribution is 7.98. The fraction of sp³-hybridized carbons (Fsp3) is 0.125. The minimum absolute atomic E-state index is 0.118. The molecule has 0 N–H and O–H groups in total. The molecule has 4 heterocycles. The predicted molar refractivity (Wildman–Crippen MR) is 125 cm³/mol. The van der Waals surface area contributed by atoms with Gasteiger partial charge in [0.05, 0.1) is 11.1 Å². The van der Waals surface area contributed by atoms with Crippen molar-refractivity contribution in [2.24, 2.45) is 0 Å². The Bertz CT molecular complexity index is 1530. The van der Waals surface area contributed by atoms with Gasteiger partial charge in [-0.25, -0.2) is 15.0 Å². The minimum atomic E-state index is -0.138. The Morgan fingerprint density at radius 3 is 2.62 bits per heavy atom. The third-order valence-corrected chi connectivity index (χ3v) is 6.14. The van der Waals surface area contributed by atoms with Crippen LogP contribution in [0.2, 0.25) is 0 Å². The molecule has 0 saturated carbocycles. The number of hydrogen-bond acceptors (Lipinski definition) is 6. The molecule has 5 aromatic rings. The Kier molecular flexibility index (Phi) is 5.51. The van der Waals surface area contributed by atoms with Gasteiger partial charge in [0.2, 0.25) is 0 Å². The first-order chi connectivity index (χ1) is 15.7. The third-order valence-electron chi connectivity index (χ3n) is 5.13. The number of aryl methyl sites for hydroxylation is 1. The van der Waals surface area contributed by atoms with E-state index in [9.17, 15) is 9.59 Å². The third kappa shape index (κ3) is 4.04. The molecule has 8 heteroatoms. The van der Waals surface area contributed by atoms with Gasteiger partial charge in [-0.2, -0.15) is 0 Å². The van der Waals surface area contributed by atoms with Crippen molar-refractivity contribution in [1.29, 1.82) is 0 Å². The monoisotopic (exact) mass is 441 g/mol. The number of pyridine rings is 2. The molecule has 0 spiro atoms. The molecule has 5 rings (SSSR count). The number of fused-ring (bicyclic) bond motifs is 2. The maximum absolute atomic E-state index is 13.2. The molecular formula is C24H19N5O2S. The molecule has 0 aliphatic heterocycles. The smallest absolute Gasteiger partial charge is 0.263 e. The summed E-state index contributed by atoms with van der Waals surface area (Å²) < 4.78 is 3.19. The fourth-order valence-corrected chi connectivity index (χ4v) is 4.45. The van der Waals surface area contributed by atoms with Crippen molar-refractivity contribution < 1.29 is 0 Å². The van der Waals surface area contributed by atoms with Crippen LogP contribution in [-0.4, -0.2) is 23.9 Å². The van der Waals surface area contributed by atoms with E-state index in [0.29, 0.717) is 46.2 Å². The van der Waals surface area contributed by atoms with Gasteiger partial charge in [0.1, 0.15) is 5.65 Å². The zero-order valence-electron chi connectivity index (χ0n) is 17.1. The van der Waals surface area contributed by atoms with Gasteiger partial charge in [-0.3, -0.25) is 18.6 Å². The lowest BCUT2D eigenvalue weighted by atomic mass is 10.1. The van der Waals surface area contributed by atoms with Crippen LogP contribution < -0.4 is 11.1 Å². The van der Waals surface area contributed by atoms with Crippen LogP contribution in [0.3, 0.4) is 0 Å². The molecule has 0 atom stereocenters. The minimum Gasteiger partial charge on any atom is -0.287 e. The number of rotatable bonds is 6. The van der Waals surface area contributed by atoms with Crippen molar-refractivity contribution in [2.75, 3.05) is 0 Å². The van der Waals surface area contributed by atoms with Crippen LogP contribution in [-0.2, 0) is 18.7 Å². The van der Waals surface area contributed by atoms with Crippen molar-refractivity contribution in [2.45, 2.75) is 23.9 Å². The standard InChI is InChI=1S/C24H19N5O2S/c30-21-15-18(26-20-10-4-5-13-28(20)21)16-32-24-27-22-19(9-6-12-25-22)23(31)29(24)14-11-17-7-2-1-3-8-17/h1-10,12-13,15H,11,14,16H2. The van der Waals surface area contributed by atoms with E-state index in [0.717, 1.165) is 5.56 Å². The van der Waals surface area contributed by atoms with Gasteiger partial charge in [-0.15, -0.1) is 0 Å². The first-order valence-corrected chi connectivity index (χ1v) is 11.2. The van der Waals surface area contributed by atoms with Gasteiger partial charge in [0.25, 0.3) is 11.1 Å². The zero-order chi connectivity index (χ0) is 21.9. The van der Waals surface area contributed by atoms with Crippen molar-refractivity contribution in [3.63, 3.8) is 0 Å². The number of aromatic nitrogens is 5. The highest BCUT2D eigenvalue weighted by Crippen LogP contribution is 2.21. The average Bonchev–Trinajstić information content (AvgIpc) is 2.83. The van der Waals surface area contributed by atoms with E-state index in [1.165, 1.54) is 22.2 Å². The molecule has 0 amide bonds. The summed E-state index contributed by atoms with van der Waals surface area (Å²) in [6, 6.07) is 20.5. The van der Waals surface area contributed by atoms with E-state index < -0.39 is 0 Å². The SMILES string of the molecule is O=c1c2cccnc2nc(SCc2cc(=O)n3ccccc3n2)n1CCc1ccccc1. The van der Waals surface area contributed by atoms with E-state index in [1.54, 1.807) is 41.2 Å². The molecule has 1 aromatic carbocycles. The second kappa shape index (κ2) is 8.76. The summed E-state index contributed by atoms with van der Waals surface area (Å²) in [4.78, 5) is 39.1. The molecule has 0 fully saturated rings. The molecule has 0 unspecified atom stereocenters. The Balaban J connectivity index is 1.49. The lowest BCUT2D eigenvalue weighted by Gasteiger charge is -2.13. The first-order valence-electron chi connectivity index (χ1n) is 10.2. The van der Waals surface area contributed by atoms with Crippen LogP contribution in [0.25, 0.3) is 16.7 Å². The van der Waals surface area contributed by atoms with Crippen LogP contribution in [0.15, 0.2) is 93.9 Å². The average molecular weight is 442 g/mol. The van der Waals surface area contributed by atoms with Crippen LogP contribution >= 0.6 is 11.8 Å². The number of thioether (sulfide) groups is 1. The molecule has 32 heavy (non-hydrogen) atoms. The van der Waals surface area contributed by atoms with Crippen molar-refractivity contribution in [1.82, 2.24) is 23.9 Å². The zero-order valence-corrected chi connectivity index (χ0v) is 17.9. The van der Waals surface area contributed by atoms with Crippen molar-refractivity contribution in [3.05, 3.63) is 111 Å². The Morgan fingerprint density at radius 2 is 1.75 bits per heavy atom. The van der Waals surface area contributed by atoms with Crippen molar-refractivity contribution >= 4 is 28.4 Å². The molecule has 0 radical (unpaired) electrons. The highest BCUT2D eigenvalue weighted by atomic mass is 32.2. The number of hydrogen-bond donors (Lipinski definition) is 0. The van der Waals surface area contributed by atoms with E-state index in [2.05, 4.69) is 15.0 Å². The summed E-state index contributed by atoms with van der Waals surface area (Å²) in [5.74, 6) is 0.413. The second-order valence-electron chi connectivity index (χ2n) is 7.26. The Morgan fingerprint density at radius 1 is 0.906 bits per heavy atom. The van der Waals surface area contributed by atoms with E-state index in [4.69, 9.17) is 0 Å². The summed E-state index contributed by atoms with van der Waals surface area (Å²) in [7, 11) is 0. The molecule has 0 saturated heterocycles. The van der Waals surface area contributed by atoms with E-state index in [1.807, 2.05) is 36.4 Å². The first kappa shape index (κ1) is 20.1. The lowest BCUT2D eigenvalue weighted by Crippen LogP contribution is -2.24. The van der Waals surface area contributed by atoms with Gasteiger partial charge in [-0.1, -0.05) is 48.2 Å². The van der Waals surface area contributed by atoms with Crippen LogP contribution in [0, 0.1) is 0 Å². The van der Waals surface area contributed by atoms with Crippen LogP contribution in [0.5, 0.6) is 0 Å². The van der Waals surface area contributed by atoms with Gasteiger partial charge >= 0.3 is 0 Å². The molecule has 0 bridgehead atoms. The number of benzene rings is 1. The fourth-order valence-electron chi connectivity index (χ4n) is 3.54. The summed E-state index contributed by atoms with van der Waals surface area (Å²) in [5.41, 5.74) is 2.53. The number of nitrogens with zero attached hydrogens (tertiary/aromatic N) is 5. The maximum Gasteiger partial charge on any atom is 0.263 e. The topological polar surface area (TPSA) is 82.2 Å². The predicted octanol–water partition coefficient (Wildman–Crippen LogP) is 3.33. The summed E-state index contributed by atoms with van der Waals surface area (Å²) >= 11 is 1.38. The molecule has 7 nitrogen and oxygen atoms in total. The molecule has 158 valence electrons. The Hall–Kier alpha value is -3.78. The maximum atomic E-state index is 13.2. The van der Waals surface area contributed by atoms with Crippen molar-refractivity contribution in [3.8, 4) is 0 Å². The molecule has 4 aromatic heterocycles. The summed E-state index contributed by atoms with van der Waals surface area (Å²) in [5, 5.41) is 1.05. The van der Waals surface area contributed by atoms with Crippen LogP contribution in [0.1, 0.15) is 11.3 Å². The summed E-state index contributed by atoms with van der Waals surface area (Å²) in [6.07, 6.45) is 4.03. The molecule has 0 aliphatic rings. The van der Waals surface area contributed by atoms with E-state index >= 15 is 0 Å². The molecular weight excluding hydrogens is 422 g/mol. The van der Waals surface area contributed by atoms with Gasteiger partial charge < -0.3 is 0 Å². The van der Waals surface area contributed by atoms with Crippen LogP contribution in [0.4, 0.5) is 0 Å². The second-order valence-corrected chi connectivity index (χ2v) is 8.21. The normalized spacial score (nSPS) is 11.2.